The monoisotopic (exact) mass is 187 g/mol. The number of carbonyl (C=O) groups excluding carboxylic acids is 1. The molecule has 0 N–H and O–H groups in total. The van der Waals surface area contributed by atoms with Crippen molar-refractivity contribution >= 4 is 5.91 Å². The molecule has 0 aromatic heterocycles. The second-order valence-corrected chi connectivity index (χ2v) is 3.13. The van der Waals surface area contributed by atoms with Gasteiger partial charge in [0.25, 0.3) is 0 Å². The first-order valence-corrected chi connectivity index (χ1v) is 4.97. The number of rotatable bonds is 3. The van der Waals surface area contributed by atoms with Crippen molar-refractivity contribution in [2.75, 3.05) is 27.3 Å². The lowest BCUT2D eigenvalue weighted by Crippen LogP contribution is -2.19. The van der Waals surface area contributed by atoms with E-state index in [9.17, 15) is 4.79 Å². The number of carbonyl (C=O) groups is 1. The number of hydrogen-bond acceptors (Lipinski definition) is 2. The number of amides is 1. The van der Waals surface area contributed by atoms with E-state index >= 15 is 0 Å². The first-order valence-electron chi connectivity index (χ1n) is 4.97. The van der Waals surface area contributed by atoms with Gasteiger partial charge in [-0.25, -0.2) is 0 Å². The molecule has 3 heteroatoms. The summed E-state index contributed by atoms with van der Waals surface area (Å²) in [7, 11) is 3.55. The molecule has 13 heavy (non-hydrogen) atoms. The molecule has 0 bridgehead atoms. The lowest BCUT2D eigenvalue weighted by atomic mass is 10.1. The topological polar surface area (TPSA) is 29.5 Å². The van der Waals surface area contributed by atoms with Crippen LogP contribution in [0.1, 0.15) is 26.7 Å². The van der Waals surface area contributed by atoms with Gasteiger partial charge in [-0.05, 0) is 12.3 Å². The third-order valence-electron chi connectivity index (χ3n) is 2.15. The second-order valence-electron chi connectivity index (χ2n) is 3.13. The van der Waals surface area contributed by atoms with Gasteiger partial charge >= 0.3 is 0 Å². The molecule has 1 saturated heterocycles. The Morgan fingerprint density at radius 1 is 1.54 bits per heavy atom. The van der Waals surface area contributed by atoms with Gasteiger partial charge in [0.1, 0.15) is 0 Å². The summed E-state index contributed by atoms with van der Waals surface area (Å²) < 4.78 is 4.94. The average Bonchev–Trinajstić information content (AvgIpc) is 2.46. The van der Waals surface area contributed by atoms with Crippen LogP contribution in [0.5, 0.6) is 0 Å². The zero-order chi connectivity index (χ0) is 10.3. The maximum absolute atomic E-state index is 11.0. The highest BCUT2D eigenvalue weighted by Crippen LogP contribution is 2.18. The van der Waals surface area contributed by atoms with Gasteiger partial charge in [0, 0.05) is 33.7 Å². The molecule has 0 aliphatic carbocycles. The van der Waals surface area contributed by atoms with Crippen LogP contribution in [0.3, 0.4) is 0 Å². The van der Waals surface area contributed by atoms with Crippen LogP contribution in [0.4, 0.5) is 0 Å². The molecule has 1 unspecified atom stereocenters. The van der Waals surface area contributed by atoms with Crippen LogP contribution in [0, 0.1) is 5.92 Å². The van der Waals surface area contributed by atoms with Gasteiger partial charge in [0.15, 0.2) is 0 Å². The molecule has 0 aromatic carbocycles. The van der Waals surface area contributed by atoms with Gasteiger partial charge < -0.3 is 9.64 Å². The molecule has 1 fully saturated rings. The van der Waals surface area contributed by atoms with Crippen molar-refractivity contribution in [3.63, 3.8) is 0 Å². The smallest absolute Gasteiger partial charge is 0.222 e. The lowest BCUT2D eigenvalue weighted by Gasteiger charge is -2.08. The summed E-state index contributed by atoms with van der Waals surface area (Å²) in [4.78, 5) is 12.8. The molecular weight excluding hydrogens is 166 g/mol. The largest absolute Gasteiger partial charge is 0.385 e. The van der Waals surface area contributed by atoms with E-state index in [1.165, 1.54) is 0 Å². The summed E-state index contributed by atoms with van der Waals surface area (Å²) in [6, 6.07) is 0. The summed E-state index contributed by atoms with van der Waals surface area (Å²) in [5, 5.41) is 0. The summed E-state index contributed by atoms with van der Waals surface area (Å²) in [5.74, 6) is 0.790. The van der Waals surface area contributed by atoms with E-state index in [1.807, 2.05) is 20.9 Å². The Balaban J connectivity index is 0.000000671. The molecule has 3 nitrogen and oxygen atoms in total. The van der Waals surface area contributed by atoms with E-state index in [0.29, 0.717) is 12.3 Å². The highest BCUT2D eigenvalue weighted by atomic mass is 16.5. The third kappa shape index (κ3) is 4.27. The van der Waals surface area contributed by atoms with E-state index < -0.39 is 0 Å². The maximum Gasteiger partial charge on any atom is 0.222 e. The van der Waals surface area contributed by atoms with E-state index in [1.54, 1.807) is 12.0 Å². The summed E-state index contributed by atoms with van der Waals surface area (Å²) >= 11 is 0. The zero-order valence-corrected chi connectivity index (χ0v) is 9.17. The normalized spacial score (nSPS) is 21.4. The summed E-state index contributed by atoms with van der Waals surface area (Å²) in [6.07, 6.45) is 1.71. The molecule has 0 aromatic rings. The predicted octanol–water partition coefficient (Wildman–Crippen LogP) is 1.53. The zero-order valence-electron chi connectivity index (χ0n) is 9.17. The molecule has 78 valence electrons. The third-order valence-corrected chi connectivity index (χ3v) is 2.15. The van der Waals surface area contributed by atoms with Crippen LogP contribution in [-0.4, -0.2) is 38.1 Å². The highest BCUT2D eigenvalue weighted by Gasteiger charge is 2.25. The van der Waals surface area contributed by atoms with Gasteiger partial charge in [0.05, 0.1) is 0 Å². The van der Waals surface area contributed by atoms with Crippen molar-refractivity contribution in [3.05, 3.63) is 0 Å². The summed E-state index contributed by atoms with van der Waals surface area (Å²) in [5.41, 5.74) is 0. The van der Waals surface area contributed by atoms with Gasteiger partial charge in [-0.1, -0.05) is 13.8 Å². The fourth-order valence-electron chi connectivity index (χ4n) is 1.43. The van der Waals surface area contributed by atoms with Crippen LogP contribution in [0.25, 0.3) is 0 Å². The molecule has 0 spiro atoms. The Bertz CT molecular complexity index is 148. The van der Waals surface area contributed by atoms with Crippen molar-refractivity contribution in [3.8, 4) is 0 Å². The van der Waals surface area contributed by atoms with E-state index in [-0.39, 0.29) is 5.91 Å². The standard InChI is InChI=1S/C8H15NO2.C2H6/c1-9-6-7(3-4-11-2)5-8(9)10;1-2/h7H,3-6H2,1-2H3;1-2H3. The molecule has 1 aliphatic heterocycles. The average molecular weight is 187 g/mol. The number of hydrogen-bond donors (Lipinski definition) is 0. The minimum absolute atomic E-state index is 0.270. The van der Waals surface area contributed by atoms with Gasteiger partial charge in [-0.2, -0.15) is 0 Å². The van der Waals surface area contributed by atoms with Crippen LogP contribution >= 0.6 is 0 Å². The molecule has 1 heterocycles. The fourth-order valence-corrected chi connectivity index (χ4v) is 1.43. The lowest BCUT2D eigenvalue weighted by molar-refractivity contribution is -0.126. The van der Waals surface area contributed by atoms with Crippen LogP contribution in [0.2, 0.25) is 0 Å². The van der Waals surface area contributed by atoms with Gasteiger partial charge in [-0.3, -0.25) is 4.79 Å². The van der Waals surface area contributed by atoms with Crippen molar-refractivity contribution in [2.24, 2.45) is 5.92 Å². The Kier molecular flexibility index (Phi) is 6.59. The Labute approximate surface area is 81.1 Å². The van der Waals surface area contributed by atoms with E-state index in [0.717, 1.165) is 19.6 Å². The Hall–Kier alpha value is -0.570. The summed E-state index contributed by atoms with van der Waals surface area (Å²) in [6.45, 7) is 5.67. The van der Waals surface area contributed by atoms with Crippen molar-refractivity contribution in [2.45, 2.75) is 26.7 Å². The molecular formula is C10H21NO2. The minimum atomic E-state index is 0.270. The van der Waals surface area contributed by atoms with Crippen LogP contribution < -0.4 is 0 Å². The molecule has 1 atom stereocenters. The maximum atomic E-state index is 11.0. The van der Waals surface area contributed by atoms with Gasteiger partial charge in [0.2, 0.25) is 5.91 Å². The quantitative estimate of drug-likeness (QED) is 0.670. The molecule has 0 saturated carbocycles. The van der Waals surface area contributed by atoms with Crippen molar-refractivity contribution in [1.82, 2.24) is 4.90 Å². The fraction of sp³-hybridized carbons (Fsp3) is 0.900. The van der Waals surface area contributed by atoms with E-state index in [4.69, 9.17) is 4.74 Å². The molecule has 1 amide bonds. The van der Waals surface area contributed by atoms with E-state index in [2.05, 4.69) is 0 Å². The van der Waals surface area contributed by atoms with Gasteiger partial charge in [-0.15, -0.1) is 0 Å². The number of likely N-dealkylation sites (tertiary alicyclic amines) is 1. The SMILES string of the molecule is CC.COCCC1CC(=O)N(C)C1. The number of methoxy groups -OCH3 is 1. The number of nitrogens with zero attached hydrogens (tertiary/aromatic N) is 1. The molecule has 0 radical (unpaired) electrons. The number of ether oxygens (including phenoxy) is 1. The highest BCUT2D eigenvalue weighted by molar-refractivity contribution is 5.78. The Morgan fingerprint density at radius 2 is 2.15 bits per heavy atom. The second kappa shape index (κ2) is 6.89. The van der Waals surface area contributed by atoms with Crippen LogP contribution in [0.15, 0.2) is 0 Å². The predicted molar refractivity (Wildman–Crippen MR) is 53.6 cm³/mol. The molecule has 1 aliphatic rings. The van der Waals surface area contributed by atoms with Crippen LogP contribution in [-0.2, 0) is 9.53 Å². The first kappa shape index (κ1) is 12.4. The van der Waals surface area contributed by atoms with Crippen molar-refractivity contribution < 1.29 is 9.53 Å². The Morgan fingerprint density at radius 3 is 2.54 bits per heavy atom. The molecule has 1 rings (SSSR count). The van der Waals surface area contributed by atoms with Crippen molar-refractivity contribution in [1.29, 1.82) is 0 Å². The minimum Gasteiger partial charge on any atom is -0.385 e. The first-order chi connectivity index (χ1) is 6.24.